The summed E-state index contributed by atoms with van der Waals surface area (Å²) in [5.74, 6) is 0.956. The lowest BCUT2D eigenvalue weighted by Crippen LogP contribution is -2.42. The van der Waals surface area contributed by atoms with Crippen molar-refractivity contribution < 1.29 is 9.53 Å². The molecule has 3 rings (SSSR count). The van der Waals surface area contributed by atoms with Gasteiger partial charge in [0.1, 0.15) is 5.82 Å². The molecule has 0 aromatic carbocycles. The van der Waals surface area contributed by atoms with Crippen LogP contribution in [0.15, 0.2) is 18.3 Å². The molecule has 1 aromatic rings. The van der Waals surface area contributed by atoms with Crippen molar-refractivity contribution in [2.45, 2.75) is 57.5 Å². The van der Waals surface area contributed by atoms with E-state index in [0.29, 0.717) is 12.6 Å². The predicted molar refractivity (Wildman–Crippen MR) is 98.7 cm³/mol. The second-order valence-electron chi connectivity index (χ2n) is 6.95. The molecule has 0 bridgehead atoms. The molecule has 2 fully saturated rings. The van der Waals surface area contributed by atoms with Crippen LogP contribution in [-0.4, -0.2) is 43.4 Å². The molecule has 1 aliphatic carbocycles. The topological polar surface area (TPSA) is 66.5 Å². The van der Waals surface area contributed by atoms with Crippen molar-refractivity contribution in [3.8, 4) is 0 Å². The van der Waals surface area contributed by atoms with Gasteiger partial charge in [-0.25, -0.2) is 9.78 Å². The molecule has 1 saturated heterocycles. The molecule has 6 nitrogen and oxygen atoms in total. The Bertz CT molecular complexity index is 538. The lowest BCUT2D eigenvalue weighted by Gasteiger charge is -2.29. The van der Waals surface area contributed by atoms with Crippen LogP contribution in [0.25, 0.3) is 0 Å². The van der Waals surface area contributed by atoms with E-state index >= 15 is 0 Å². The molecule has 1 aromatic heterocycles. The first-order valence-electron chi connectivity index (χ1n) is 9.64. The van der Waals surface area contributed by atoms with E-state index < -0.39 is 0 Å². The largest absolute Gasteiger partial charge is 0.378 e. The summed E-state index contributed by atoms with van der Waals surface area (Å²) in [5.41, 5.74) is 1.05. The summed E-state index contributed by atoms with van der Waals surface area (Å²) in [6, 6.07) is 4.21. The summed E-state index contributed by atoms with van der Waals surface area (Å²) >= 11 is 0. The molecule has 2 heterocycles. The van der Waals surface area contributed by atoms with Gasteiger partial charge in [-0.3, -0.25) is 0 Å². The molecule has 2 aliphatic rings. The fraction of sp³-hybridized carbons (Fsp3) is 0.684. The number of urea groups is 1. The Labute approximate surface area is 150 Å². The van der Waals surface area contributed by atoms with Crippen LogP contribution in [0, 0.1) is 0 Å². The average molecular weight is 346 g/mol. The SMILES string of the molecule is O=C(NCc1cccnc1N1CCOCC1)NC1CCCCCCC1. The smallest absolute Gasteiger partial charge is 0.315 e. The molecule has 0 spiro atoms. The summed E-state index contributed by atoms with van der Waals surface area (Å²) in [6.45, 7) is 3.65. The first kappa shape index (κ1) is 18.0. The number of pyridine rings is 1. The van der Waals surface area contributed by atoms with E-state index in [9.17, 15) is 4.79 Å². The number of amides is 2. The highest BCUT2D eigenvalue weighted by Gasteiger charge is 2.17. The zero-order chi connectivity index (χ0) is 17.3. The van der Waals surface area contributed by atoms with Gasteiger partial charge in [0.15, 0.2) is 0 Å². The molecule has 6 heteroatoms. The van der Waals surface area contributed by atoms with Crippen molar-refractivity contribution in [2.75, 3.05) is 31.2 Å². The van der Waals surface area contributed by atoms with Crippen LogP contribution in [0.5, 0.6) is 0 Å². The number of anilines is 1. The molecular formula is C19H30N4O2. The number of carbonyl (C=O) groups excluding carboxylic acids is 1. The number of nitrogens with one attached hydrogen (secondary N) is 2. The number of ether oxygens (including phenoxy) is 1. The molecule has 0 radical (unpaired) electrons. The first-order valence-corrected chi connectivity index (χ1v) is 9.64. The van der Waals surface area contributed by atoms with Crippen LogP contribution in [0.3, 0.4) is 0 Å². The van der Waals surface area contributed by atoms with Crippen molar-refractivity contribution in [1.29, 1.82) is 0 Å². The van der Waals surface area contributed by atoms with Crippen molar-refractivity contribution in [3.05, 3.63) is 23.9 Å². The minimum atomic E-state index is -0.0673. The number of hydrogen-bond donors (Lipinski definition) is 2. The van der Waals surface area contributed by atoms with E-state index in [4.69, 9.17) is 4.74 Å². The number of aromatic nitrogens is 1. The van der Waals surface area contributed by atoms with Gasteiger partial charge in [-0.15, -0.1) is 0 Å². The van der Waals surface area contributed by atoms with Gasteiger partial charge >= 0.3 is 6.03 Å². The van der Waals surface area contributed by atoms with Gasteiger partial charge in [-0.2, -0.15) is 0 Å². The second kappa shape index (κ2) is 9.61. The molecule has 25 heavy (non-hydrogen) atoms. The van der Waals surface area contributed by atoms with E-state index in [1.165, 1.54) is 32.1 Å². The Morgan fingerprint density at radius 3 is 2.64 bits per heavy atom. The van der Waals surface area contributed by atoms with Crippen LogP contribution in [0.2, 0.25) is 0 Å². The lowest BCUT2D eigenvalue weighted by atomic mass is 9.97. The summed E-state index contributed by atoms with van der Waals surface area (Å²) in [5, 5.41) is 6.17. The Kier molecular flexibility index (Phi) is 6.91. The molecular weight excluding hydrogens is 316 g/mol. The lowest BCUT2D eigenvalue weighted by molar-refractivity contribution is 0.122. The number of carbonyl (C=O) groups is 1. The normalized spacial score (nSPS) is 19.8. The Hall–Kier alpha value is -1.82. The van der Waals surface area contributed by atoms with E-state index in [2.05, 4.69) is 20.5 Å². The monoisotopic (exact) mass is 346 g/mol. The Morgan fingerprint density at radius 1 is 1.16 bits per heavy atom. The third-order valence-electron chi connectivity index (χ3n) is 5.06. The van der Waals surface area contributed by atoms with Crippen molar-refractivity contribution in [1.82, 2.24) is 15.6 Å². The number of morpholine rings is 1. The van der Waals surface area contributed by atoms with Crippen molar-refractivity contribution >= 4 is 11.8 Å². The summed E-state index contributed by atoms with van der Waals surface area (Å²) in [4.78, 5) is 19.0. The van der Waals surface area contributed by atoms with Gasteiger partial charge in [0.25, 0.3) is 0 Å². The maximum atomic E-state index is 12.3. The number of rotatable bonds is 4. The highest BCUT2D eigenvalue weighted by atomic mass is 16.5. The molecule has 0 unspecified atom stereocenters. The highest BCUT2D eigenvalue weighted by Crippen LogP contribution is 2.19. The maximum Gasteiger partial charge on any atom is 0.315 e. The maximum absolute atomic E-state index is 12.3. The van der Waals surface area contributed by atoms with Gasteiger partial charge in [-0.05, 0) is 18.9 Å². The zero-order valence-corrected chi connectivity index (χ0v) is 15.0. The fourth-order valence-electron chi connectivity index (χ4n) is 3.64. The van der Waals surface area contributed by atoms with Crippen molar-refractivity contribution in [2.24, 2.45) is 0 Å². The molecule has 0 atom stereocenters. The predicted octanol–water partition coefficient (Wildman–Crippen LogP) is 2.83. The summed E-state index contributed by atoms with van der Waals surface area (Å²) in [7, 11) is 0. The second-order valence-corrected chi connectivity index (χ2v) is 6.95. The van der Waals surface area contributed by atoms with E-state index in [1.807, 2.05) is 18.3 Å². The minimum absolute atomic E-state index is 0.0673. The number of nitrogens with zero attached hydrogens (tertiary/aromatic N) is 2. The Morgan fingerprint density at radius 2 is 1.88 bits per heavy atom. The first-order chi connectivity index (χ1) is 12.3. The third-order valence-corrected chi connectivity index (χ3v) is 5.06. The van der Waals surface area contributed by atoms with Crippen LogP contribution in [-0.2, 0) is 11.3 Å². The van der Waals surface area contributed by atoms with Crippen LogP contribution in [0.1, 0.15) is 50.5 Å². The van der Waals surface area contributed by atoms with Gasteiger partial charge in [0.05, 0.1) is 13.2 Å². The molecule has 138 valence electrons. The fourth-order valence-corrected chi connectivity index (χ4v) is 3.64. The van der Waals surface area contributed by atoms with Gasteiger partial charge in [0.2, 0.25) is 0 Å². The van der Waals surface area contributed by atoms with Gasteiger partial charge in [0, 0.05) is 37.4 Å². The van der Waals surface area contributed by atoms with E-state index in [0.717, 1.165) is 50.5 Å². The van der Waals surface area contributed by atoms with Crippen LogP contribution < -0.4 is 15.5 Å². The van der Waals surface area contributed by atoms with E-state index in [-0.39, 0.29) is 6.03 Å². The Balaban J connectivity index is 1.51. The quantitative estimate of drug-likeness (QED) is 0.880. The van der Waals surface area contributed by atoms with Gasteiger partial charge in [-0.1, -0.05) is 38.2 Å². The van der Waals surface area contributed by atoms with Crippen molar-refractivity contribution in [3.63, 3.8) is 0 Å². The third kappa shape index (κ3) is 5.59. The summed E-state index contributed by atoms with van der Waals surface area (Å²) in [6.07, 6.45) is 10.4. The molecule has 2 amide bonds. The average Bonchev–Trinajstić information content (AvgIpc) is 2.63. The van der Waals surface area contributed by atoms with E-state index in [1.54, 1.807) is 0 Å². The molecule has 2 N–H and O–H groups in total. The van der Waals surface area contributed by atoms with Crippen LogP contribution in [0.4, 0.5) is 10.6 Å². The summed E-state index contributed by atoms with van der Waals surface area (Å²) < 4.78 is 5.41. The highest BCUT2D eigenvalue weighted by molar-refractivity contribution is 5.74. The zero-order valence-electron chi connectivity index (χ0n) is 15.0. The van der Waals surface area contributed by atoms with Crippen LogP contribution >= 0.6 is 0 Å². The molecule has 1 saturated carbocycles. The standard InChI is InChI=1S/C19H30N4O2/c24-19(22-17-8-4-2-1-3-5-9-17)21-15-16-7-6-10-20-18(16)23-11-13-25-14-12-23/h6-7,10,17H,1-5,8-9,11-15H2,(H2,21,22,24). The minimum Gasteiger partial charge on any atom is -0.378 e. The number of hydrogen-bond acceptors (Lipinski definition) is 4. The molecule has 1 aliphatic heterocycles. The van der Waals surface area contributed by atoms with Gasteiger partial charge < -0.3 is 20.3 Å².